The summed E-state index contributed by atoms with van der Waals surface area (Å²) in [7, 11) is 1.42. The Bertz CT molecular complexity index is 462. The van der Waals surface area contributed by atoms with E-state index in [1.54, 1.807) is 0 Å². The lowest BCUT2D eigenvalue weighted by molar-refractivity contribution is -0.141. The predicted molar refractivity (Wildman–Crippen MR) is 66.6 cm³/mol. The molecule has 0 amide bonds. The van der Waals surface area contributed by atoms with Gasteiger partial charge in [-0.05, 0) is 36.6 Å². The van der Waals surface area contributed by atoms with E-state index < -0.39 is 0 Å². The van der Waals surface area contributed by atoms with Gasteiger partial charge in [0.2, 0.25) is 0 Å². The van der Waals surface area contributed by atoms with Crippen molar-refractivity contribution in [3.05, 3.63) is 35.4 Å². The largest absolute Gasteiger partial charge is 0.469 e. The molecule has 1 saturated heterocycles. The summed E-state index contributed by atoms with van der Waals surface area (Å²) in [4.78, 5) is 11.2. The SMILES string of the molecule is COC(=O)C[C@@H]1CN[C@H](c2ccc(C#N)cc2)C1. The van der Waals surface area contributed by atoms with E-state index in [0.29, 0.717) is 17.9 Å². The standard InChI is InChI=1S/C14H16N2O2/c1-18-14(17)7-11-6-13(16-9-11)12-4-2-10(8-15)3-5-12/h2-5,11,13,16H,6-7,9H2,1H3/t11-,13+/m1/s1. The Hall–Kier alpha value is -1.86. The molecule has 0 spiro atoms. The number of esters is 1. The first-order valence-corrected chi connectivity index (χ1v) is 6.03. The van der Waals surface area contributed by atoms with Crippen LogP contribution in [-0.4, -0.2) is 19.6 Å². The fourth-order valence-electron chi connectivity index (χ4n) is 2.33. The van der Waals surface area contributed by atoms with Crippen molar-refractivity contribution in [2.45, 2.75) is 18.9 Å². The third kappa shape index (κ3) is 2.88. The fraction of sp³-hybridized carbons (Fsp3) is 0.429. The fourth-order valence-corrected chi connectivity index (χ4v) is 2.33. The quantitative estimate of drug-likeness (QED) is 0.823. The molecule has 1 aromatic carbocycles. The summed E-state index contributed by atoms with van der Waals surface area (Å²) in [5.74, 6) is 0.181. The third-order valence-corrected chi connectivity index (χ3v) is 3.35. The van der Waals surface area contributed by atoms with Crippen LogP contribution in [0.1, 0.15) is 30.0 Å². The van der Waals surface area contributed by atoms with E-state index in [-0.39, 0.29) is 12.0 Å². The zero-order chi connectivity index (χ0) is 13.0. The molecule has 4 heteroatoms. The number of carbonyl (C=O) groups excluding carboxylic acids is 1. The highest BCUT2D eigenvalue weighted by Crippen LogP contribution is 2.29. The lowest BCUT2D eigenvalue weighted by Crippen LogP contribution is -2.15. The normalized spacial score (nSPS) is 22.4. The van der Waals surface area contributed by atoms with Gasteiger partial charge < -0.3 is 10.1 Å². The van der Waals surface area contributed by atoms with Gasteiger partial charge in [0, 0.05) is 12.5 Å². The maximum Gasteiger partial charge on any atom is 0.305 e. The van der Waals surface area contributed by atoms with Crippen LogP contribution in [0.2, 0.25) is 0 Å². The summed E-state index contributed by atoms with van der Waals surface area (Å²) in [6.45, 7) is 0.833. The number of nitrogens with one attached hydrogen (secondary N) is 1. The van der Waals surface area contributed by atoms with Crippen molar-refractivity contribution >= 4 is 5.97 Å². The van der Waals surface area contributed by atoms with E-state index in [4.69, 9.17) is 5.26 Å². The van der Waals surface area contributed by atoms with Crippen molar-refractivity contribution in [3.63, 3.8) is 0 Å². The summed E-state index contributed by atoms with van der Waals surface area (Å²) in [5.41, 5.74) is 1.84. The molecule has 2 rings (SSSR count). The first-order chi connectivity index (χ1) is 8.72. The van der Waals surface area contributed by atoms with Crippen molar-refractivity contribution in [2.24, 2.45) is 5.92 Å². The Morgan fingerprint density at radius 2 is 2.22 bits per heavy atom. The topological polar surface area (TPSA) is 62.1 Å². The molecule has 0 saturated carbocycles. The molecule has 1 aromatic rings. The minimum Gasteiger partial charge on any atom is -0.469 e. The molecule has 2 atom stereocenters. The Morgan fingerprint density at radius 3 is 2.83 bits per heavy atom. The monoisotopic (exact) mass is 244 g/mol. The number of nitrogens with zero attached hydrogens (tertiary/aromatic N) is 1. The van der Waals surface area contributed by atoms with Gasteiger partial charge in [-0.2, -0.15) is 5.26 Å². The van der Waals surface area contributed by atoms with Gasteiger partial charge in [-0.15, -0.1) is 0 Å². The molecule has 1 N–H and O–H groups in total. The van der Waals surface area contributed by atoms with Crippen LogP contribution < -0.4 is 5.32 Å². The number of carbonyl (C=O) groups is 1. The molecule has 4 nitrogen and oxygen atoms in total. The number of hydrogen-bond donors (Lipinski definition) is 1. The smallest absolute Gasteiger partial charge is 0.305 e. The second-order valence-corrected chi connectivity index (χ2v) is 4.58. The van der Waals surface area contributed by atoms with E-state index in [2.05, 4.69) is 16.1 Å². The predicted octanol–water partition coefficient (Wildman–Crippen LogP) is 1.77. The second kappa shape index (κ2) is 5.65. The van der Waals surface area contributed by atoms with Crippen LogP contribution in [0, 0.1) is 17.2 Å². The van der Waals surface area contributed by atoms with E-state index in [0.717, 1.165) is 13.0 Å². The van der Waals surface area contributed by atoms with E-state index in [1.165, 1.54) is 12.7 Å². The van der Waals surface area contributed by atoms with Gasteiger partial charge in [-0.3, -0.25) is 4.79 Å². The Labute approximate surface area is 107 Å². The van der Waals surface area contributed by atoms with Crippen molar-refractivity contribution in [1.29, 1.82) is 5.26 Å². The van der Waals surface area contributed by atoms with Crippen molar-refractivity contribution < 1.29 is 9.53 Å². The third-order valence-electron chi connectivity index (χ3n) is 3.35. The highest BCUT2D eigenvalue weighted by Gasteiger charge is 2.27. The Morgan fingerprint density at radius 1 is 1.50 bits per heavy atom. The van der Waals surface area contributed by atoms with Gasteiger partial charge in [-0.25, -0.2) is 0 Å². The van der Waals surface area contributed by atoms with Crippen LogP contribution in [0.25, 0.3) is 0 Å². The zero-order valence-corrected chi connectivity index (χ0v) is 10.3. The molecule has 18 heavy (non-hydrogen) atoms. The number of hydrogen-bond acceptors (Lipinski definition) is 4. The second-order valence-electron chi connectivity index (χ2n) is 4.58. The maximum atomic E-state index is 11.2. The van der Waals surface area contributed by atoms with Gasteiger partial charge in [0.25, 0.3) is 0 Å². The molecule has 94 valence electrons. The number of rotatable bonds is 3. The molecule has 0 aliphatic carbocycles. The summed E-state index contributed by atoms with van der Waals surface area (Å²) < 4.78 is 4.68. The Kier molecular flexibility index (Phi) is 3.96. The molecular weight excluding hydrogens is 228 g/mol. The molecule has 0 aromatic heterocycles. The lowest BCUT2D eigenvalue weighted by Gasteiger charge is -2.10. The average Bonchev–Trinajstić information content (AvgIpc) is 2.87. The molecule has 1 aliphatic rings. The summed E-state index contributed by atoms with van der Waals surface area (Å²) in [5, 5.41) is 12.1. The first-order valence-electron chi connectivity index (χ1n) is 6.03. The highest BCUT2D eigenvalue weighted by atomic mass is 16.5. The van der Waals surface area contributed by atoms with Crippen LogP contribution >= 0.6 is 0 Å². The molecule has 0 bridgehead atoms. The molecule has 1 heterocycles. The van der Waals surface area contributed by atoms with E-state index in [1.807, 2.05) is 24.3 Å². The average molecular weight is 244 g/mol. The lowest BCUT2D eigenvalue weighted by atomic mass is 9.97. The van der Waals surface area contributed by atoms with Crippen LogP contribution in [0.5, 0.6) is 0 Å². The Balaban J connectivity index is 1.95. The number of methoxy groups -OCH3 is 1. The van der Waals surface area contributed by atoms with Crippen molar-refractivity contribution in [1.82, 2.24) is 5.32 Å². The number of benzene rings is 1. The number of ether oxygens (including phenoxy) is 1. The van der Waals surface area contributed by atoms with Crippen LogP contribution in [0.3, 0.4) is 0 Å². The number of nitriles is 1. The minimum atomic E-state index is -0.151. The summed E-state index contributed by atoms with van der Waals surface area (Å²) in [6.07, 6.45) is 1.40. The molecule has 1 fully saturated rings. The molecule has 0 unspecified atom stereocenters. The molecule has 0 radical (unpaired) electrons. The highest BCUT2D eigenvalue weighted by molar-refractivity contribution is 5.69. The van der Waals surface area contributed by atoms with Gasteiger partial charge in [0.15, 0.2) is 0 Å². The van der Waals surface area contributed by atoms with Crippen LogP contribution in [0.4, 0.5) is 0 Å². The van der Waals surface area contributed by atoms with Gasteiger partial charge in [-0.1, -0.05) is 12.1 Å². The van der Waals surface area contributed by atoms with Crippen molar-refractivity contribution in [3.8, 4) is 6.07 Å². The van der Waals surface area contributed by atoms with E-state index >= 15 is 0 Å². The van der Waals surface area contributed by atoms with Gasteiger partial charge >= 0.3 is 5.97 Å². The van der Waals surface area contributed by atoms with Gasteiger partial charge in [0.1, 0.15) is 0 Å². The van der Waals surface area contributed by atoms with Gasteiger partial charge in [0.05, 0.1) is 18.7 Å². The summed E-state index contributed by atoms with van der Waals surface area (Å²) in [6, 6.07) is 9.96. The zero-order valence-electron chi connectivity index (χ0n) is 10.3. The summed E-state index contributed by atoms with van der Waals surface area (Å²) >= 11 is 0. The molecular formula is C14H16N2O2. The minimum absolute atomic E-state index is 0.151. The van der Waals surface area contributed by atoms with Crippen molar-refractivity contribution in [2.75, 3.05) is 13.7 Å². The maximum absolute atomic E-state index is 11.2. The first kappa shape index (κ1) is 12.6. The van der Waals surface area contributed by atoms with Crippen LogP contribution in [0.15, 0.2) is 24.3 Å². The molecule has 1 aliphatic heterocycles. The van der Waals surface area contributed by atoms with E-state index in [9.17, 15) is 4.79 Å². The van der Waals surface area contributed by atoms with Crippen LogP contribution in [-0.2, 0) is 9.53 Å².